The largest absolute Gasteiger partial charge is 0.399 e. The van der Waals surface area contributed by atoms with Crippen LogP contribution >= 0.6 is 23.1 Å². The predicted octanol–water partition coefficient (Wildman–Crippen LogP) is 4.51. The molecule has 0 aliphatic heterocycles. The van der Waals surface area contributed by atoms with E-state index in [2.05, 4.69) is 28.2 Å². The zero-order valence-electron chi connectivity index (χ0n) is 10.5. The van der Waals surface area contributed by atoms with Gasteiger partial charge in [0.05, 0.1) is 15.2 Å². The van der Waals surface area contributed by atoms with E-state index in [-0.39, 0.29) is 0 Å². The molecule has 3 nitrogen and oxygen atoms in total. The average Bonchev–Trinajstić information content (AvgIpc) is 3.00. The molecule has 4 rings (SSSR count). The SMILES string of the molecule is Nc1ccc2nc(Sc3cc4ccccc4[nH]3)sc2c1. The summed E-state index contributed by atoms with van der Waals surface area (Å²) in [5, 5.41) is 2.33. The highest BCUT2D eigenvalue weighted by Gasteiger charge is 2.08. The summed E-state index contributed by atoms with van der Waals surface area (Å²) in [7, 11) is 0. The summed E-state index contributed by atoms with van der Waals surface area (Å²) in [4.78, 5) is 8.03. The quantitative estimate of drug-likeness (QED) is 0.535. The van der Waals surface area contributed by atoms with Gasteiger partial charge in [0.25, 0.3) is 0 Å². The minimum Gasteiger partial charge on any atom is -0.399 e. The standard InChI is InChI=1S/C15H11N3S2/c16-10-5-6-12-13(8-10)19-15(18-12)20-14-7-9-3-1-2-4-11(9)17-14/h1-8,17H,16H2. The average molecular weight is 297 g/mol. The van der Waals surface area contributed by atoms with Gasteiger partial charge >= 0.3 is 0 Å². The lowest BCUT2D eigenvalue weighted by molar-refractivity contribution is 1.22. The van der Waals surface area contributed by atoms with Crippen LogP contribution < -0.4 is 5.73 Å². The Balaban J connectivity index is 1.72. The van der Waals surface area contributed by atoms with Gasteiger partial charge in [-0.3, -0.25) is 0 Å². The summed E-state index contributed by atoms with van der Waals surface area (Å²) in [5.74, 6) is 0. The van der Waals surface area contributed by atoms with E-state index in [9.17, 15) is 0 Å². The van der Waals surface area contributed by atoms with Gasteiger partial charge in [-0.15, -0.1) is 11.3 Å². The number of benzene rings is 2. The fourth-order valence-corrected chi connectivity index (χ4v) is 4.29. The van der Waals surface area contributed by atoms with E-state index >= 15 is 0 Å². The van der Waals surface area contributed by atoms with Crippen LogP contribution in [0.15, 0.2) is 57.9 Å². The maximum atomic E-state index is 5.80. The second-order valence-corrected chi connectivity index (χ2v) is 6.85. The van der Waals surface area contributed by atoms with Crippen molar-refractivity contribution in [3.63, 3.8) is 0 Å². The fraction of sp³-hybridized carbons (Fsp3) is 0. The molecular formula is C15H11N3S2. The predicted molar refractivity (Wildman–Crippen MR) is 86.5 cm³/mol. The molecule has 0 fully saturated rings. The zero-order valence-corrected chi connectivity index (χ0v) is 12.1. The lowest BCUT2D eigenvalue weighted by Gasteiger charge is -1.90. The van der Waals surface area contributed by atoms with Crippen molar-refractivity contribution in [2.75, 3.05) is 5.73 Å². The Labute approximate surface area is 123 Å². The highest BCUT2D eigenvalue weighted by atomic mass is 32.2. The van der Waals surface area contributed by atoms with E-state index in [1.165, 1.54) is 5.39 Å². The van der Waals surface area contributed by atoms with Gasteiger partial charge in [-0.05, 0) is 42.1 Å². The summed E-state index contributed by atoms with van der Waals surface area (Å²) in [6.45, 7) is 0. The molecule has 2 heterocycles. The highest BCUT2D eigenvalue weighted by Crippen LogP contribution is 2.35. The van der Waals surface area contributed by atoms with Crippen LogP contribution in [-0.4, -0.2) is 9.97 Å². The first-order valence-corrected chi connectivity index (χ1v) is 7.83. The van der Waals surface area contributed by atoms with Gasteiger partial charge in [-0.1, -0.05) is 18.2 Å². The van der Waals surface area contributed by atoms with Crippen LogP contribution in [0.1, 0.15) is 0 Å². The molecule has 0 saturated heterocycles. The molecule has 2 aromatic heterocycles. The summed E-state index contributed by atoms with van der Waals surface area (Å²) < 4.78 is 2.15. The Morgan fingerprint density at radius 1 is 1.10 bits per heavy atom. The second kappa shape index (κ2) is 4.54. The summed E-state index contributed by atoms with van der Waals surface area (Å²) in [6.07, 6.45) is 0. The van der Waals surface area contributed by atoms with Crippen LogP contribution in [0.2, 0.25) is 0 Å². The Hall–Kier alpha value is -1.98. The van der Waals surface area contributed by atoms with E-state index in [1.807, 2.05) is 30.3 Å². The van der Waals surface area contributed by atoms with E-state index < -0.39 is 0 Å². The number of anilines is 1. The molecule has 5 heteroatoms. The number of rotatable bonds is 2. The Bertz CT molecular complexity index is 875. The van der Waals surface area contributed by atoms with Gasteiger partial charge < -0.3 is 10.7 Å². The third-order valence-corrected chi connectivity index (χ3v) is 5.11. The topological polar surface area (TPSA) is 54.7 Å². The Morgan fingerprint density at radius 2 is 2.00 bits per heavy atom. The zero-order chi connectivity index (χ0) is 13.5. The molecule has 0 spiro atoms. The molecule has 0 radical (unpaired) electrons. The molecule has 2 aromatic carbocycles. The van der Waals surface area contributed by atoms with Gasteiger partial charge in [0.15, 0.2) is 4.34 Å². The lowest BCUT2D eigenvalue weighted by Crippen LogP contribution is -1.81. The van der Waals surface area contributed by atoms with Crippen molar-refractivity contribution >= 4 is 49.9 Å². The molecule has 0 unspecified atom stereocenters. The smallest absolute Gasteiger partial charge is 0.157 e. The normalized spacial score (nSPS) is 11.4. The minimum atomic E-state index is 0.781. The molecule has 20 heavy (non-hydrogen) atoms. The van der Waals surface area contributed by atoms with Crippen molar-refractivity contribution < 1.29 is 0 Å². The maximum absolute atomic E-state index is 5.80. The number of aromatic nitrogens is 2. The van der Waals surface area contributed by atoms with E-state index in [0.717, 1.165) is 30.8 Å². The van der Waals surface area contributed by atoms with Gasteiger partial charge in [-0.25, -0.2) is 4.98 Å². The molecule has 3 N–H and O–H groups in total. The summed E-state index contributed by atoms with van der Waals surface area (Å²) >= 11 is 3.32. The molecule has 0 amide bonds. The molecule has 0 aliphatic carbocycles. The number of fused-ring (bicyclic) bond motifs is 2. The lowest BCUT2D eigenvalue weighted by atomic mass is 10.3. The molecular weight excluding hydrogens is 286 g/mol. The van der Waals surface area contributed by atoms with Crippen LogP contribution in [0.3, 0.4) is 0 Å². The number of aromatic amines is 1. The van der Waals surface area contributed by atoms with Crippen molar-refractivity contribution in [3.05, 3.63) is 48.5 Å². The number of nitrogens with two attached hydrogens (primary N) is 1. The van der Waals surface area contributed by atoms with Gasteiger partial charge in [-0.2, -0.15) is 0 Å². The Morgan fingerprint density at radius 3 is 2.90 bits per heavy atom. The number of hydrogen-bond acceptors (Lipinski definition) is 4. The minimum absolute atomic E-state index is 0.781. The number of nitrogen functional groups attached to an aromatic ring is 1. The number of nitrogens with one attached hydrogen (secondary N) is 1. The number of H-pyrrole nitrogens is 1. The van der Waals surface area contributed by atoms with Gasteiger partial charge in [0.2, 0.25) is 0 Å². The second-order valence-electron chi connectivity index (χ2n) is 4.53. The van der Waals surface area contributed by atoms with E-state index in [0.29, 0.717) is 0 Å². The monoisotopic (exact) mass is 297 g/mol. The van der Waals surface area contributed by atoms with Crippen molar-refractivity contribution in [2.45, 2.75) is 9.37 Å². The van der Waals surface area contributed by atoms with Crippen LogP contribution in [0.25, 0.3) is 21.1 Å². The molecule has 0 saturated carbocycles. The third-order valence-electron chi connectivity index (χ3n) is 3.10. The fourth-order valence-electron chi connectivity index (χ4n) is 2.16. The molecule has 98 valence electrons. The number of thiazole rings is 1. The first kappa shape index (κ1) is 11.8. The first-order chi connectivity index (χ1) is 9.78. The third kappa shape index (κ3) is 2.05. The first-order valence-electron chi connectivity index (χ1n) is 6.20. The van der Waals surface area contributed by atoms with Crippen molar-refractivity contribution in [1.82, 2.24) is 9.97 Å². The number of hydrogen-bond donors (Lipinski definition) is 2. The van der Waals surface area contributed by atoms with Crippen LogP contribution in [0.4, 0.5) is 5.69 Å². The number of para-hydroxylation sites is 1. The van der Waals surface area contributed by atoms with E-state index in [1.54, 1.807) is 23.1 Å². The van der Waals surface area contributed by atoms with Crippen LogP contribution in [0, 0.1) is 0 Å². The van der Waals surface area contributed by atoms with E-state index in [4.69, 9.17) is 5.73 Å². The highest BCUT2D eigenvalue weighted by molar-refractivity contribution is 8.01. The Kier molecular flexibility index (Phi) is 2.68. The molecule has 0 atom stereocenters. The summed E-state index contributed by atoms with van der Waals surface area (Å²) in [5.41, 5.74) is 8.74. The van der Waals surface area contributed by atoms with Crippen molar-refractivity contribution in [3.8, 4) is 0 Å². The van der Waals surface area contributed by atoms with Crippen LogP contribution in [-0.2, 0) is 0 Å². The molecule has 0 bridgehead atoms. The molecule has 0 aliphatic rings. The van der Waals surface area contributed by atoms with Crippen molar-refractivity contribution in [2.24, 2.45) is 0 Å². The maximum Gasteiger partial charge on any atom is 0.157 e. The number of nitrogens with zero attached hydrogens (tertiary/aromatic N) is 1. The summed E-state index contributed by atoms with van der Waals surface area (Å²) in [6, 6.07) is 16.3. The van der Waals surface area contributed by atoms with Gasteiger partial charge in [0.1, 0.15) is 0 Å². The van der Waals surface area contributed by atoms with Crippen LogP contribution in [0.5, 0.6) is 0 Å². The van der Waals surface area contributed by atoms with Crippen molar-refractivity contribution in [1.29, 1.82) is 0 Å². The van der Waals surface area contributed by atoms with Gasteiger partial charge in [0, 0.05) is 16.6 Å². The molecule has 4 aromatic rings.